The Bertz CT molecular complexity index is 415. The summed E-state index contributed by atoms with van der Waals surface area (Å²) in [4.78, 5) is 4.11. The molecule has 1 aromatic carbocycles. The molecule has 5 heteroatoms. The fourth-order valence-electron chi connectivity index (χ4n) is 1.59. The Morgan fingerprint density at radius 3 is 2.63 bits per heavy atom. The molecule has 1 atom stereocenters. The van der Waals surface area contributed by atoms with Crippen molar-refractivity contribution in [2.24, 2.45) is 10.7 Å². The quantitative estimate of drug-likeness (QED) is 0.418. The Hall–Kier alpha value is -1.62. The number of hydrogen-bond acceptors (Lipinski definition) is 2. The van der Waals surface area contributed by atoms with Gasteiger partial charge in [0, 0.05) is 6.54 Å². The standard InChI is InChI=1S/C14H22FN3O/c1-3-4-9-17-13(16)18-10-14(2,19)11-5-7-12(15)8-6-11/h5-8,19H,3-4,9-10H2,1-2H3,(H3,16,17,18). The Labute approximate surface area is 113 Å². The van der Waals surface area contributed by atoms with E-state index in [2.05, 4.69) is 17.2 Å². The van der Waals surface area contributed by atoms with Crippen LogP contribution in [0.15, 0.2) is 29.3 Å². The Morgan fingerprint density at radius 2 is 2.05 bits per heavy atom. The van der Waals surface area contributed by atoms with Crippen LogP contribution < -0.4 is 11.1 Å². The summed E-state index contributed by atoms with van der Waals surface area (Å²) in [5.41, 5.74) is 5.14. The van der Waals surface area contributed by atoms with Gasteiger partial charge in [-0.1, -0.05) is 25.5 Å². The summed E-state index contributed by atoms with van der Waals surface area (Å²) in [5, 5.41) is 13.3. The number of guanidine groups is 1. The van der Waals surface area contributed by atoms with E-state index in [0.29, 0.717) is 11.5 Å². The fourth-order valence-corrected chi connectivity index (χ4v) is 1.59. The average molecular weight is 267 g/mol. The number of halogens is 1. The van der Waals surface area contributed by atoms with E-state index in [0.717, 1.165) is 19.4 Å². The van der Waals surface area contributed by atoms with E-state index >= 15 is 0 Å². The highest BCUT2D eigenvalue weighted by molar-refractivity contribution is 5.77. The molecule has 0 aromatic heterocycles. The number of unbranched alkanes of at least 4 members (excludes halogenated alkanes) is 1. The summed E-state index contributed by atoms with van der Waals surface area (Å²) in [6.45, 7) is 4.62. The normalized spacial score (nSPS) is 15.1. The first-order chi connectivity index (χ1) is 8.95. The van der Waals surface area contributed by atoms with Crippen molar-refractivity contribution in [3.8, 4) is 0 Å². The molecule has 19 heavy (non-hydrogen) atoms. The summed E-state index contributed by atoms with van der Waals surface area (Å²) in [6.07, 6.45) is 2.10. The Morgan fingerprint density at radius 1 is 1.42 bits per heavy atom. The monoisotopic (exact) mass is 267 g/mol. The van der Waals surface area contributed by atoms with E-state index < -0.39 is 5.60 Å². The van der Waals surface area contributed by atoms with Crippen molar-refractivity contribution in [3.63, 3.8) is 0 Å². The van der Waals surface area contributed by atoms with Gasteiger partial charge >= 0.3 is 0 Å². The van der Waals surface area contributed by atoms with Gasteiger partial charge in [0.2, 0.25) is 0 Å². The molecule has 0 heterocycles. The summed E-state index contributed by atoms with van der Waals surface area (Å²) in [5.74, 6) is -0.0142. The molecule has 0 aliphatic rings. The van der Waals surface area contributed by atoms with Gasteiger partial charge in [0.25, 0.3) is 0 Å². The maximum atomic E-state index is 12.8. The van der Waals surface area contributed by atoms with Crippen LogP contribution in [0.3, 0.4) is 0 Å². The summed E-state index contributed by atoms with van der Waals surface area (Å²) >= 11 is 0. The number of nitrogens with zero attached hydrogens (tertiary/aromatic N) is 1. The Kier molecular flexibility index (Phi) is 5.76. The highest BCUT2D eigenvalue weighted by Gasteiger charge is 2.22. The molecule has 0 saturated heterocycles. The van der Waals surface area contributed by atoms with Gasteiger partial charge < -0.3 is 16.2 Å². The van der Waals surface area contributed by atoms with Crippen LogP contribution in [0.1, 0.15) is 32.3 Å². The average Bonchev–Trinajstić information content (AvgIpc) is 2.37. The molecule has 0 spiro atoms. The summed E-state index contributed by atoms with van der Waals surface area (Å²) in [6, 6.07) is 5.73. The second-order valence-electron chi connectivity index (χ2n) is 4.76. The van der Waals surface area contributed by atoms with Crippen LogP contribution in [0.4, 0.5) is 4.39 Å². The van der Waals surface area contributed by atoms with Crippen LogP contribution in [0, 0.1) is 5.82 Å². The first-order valence-corrected chi connectivity index (χ1v) is 6.48. The van der Waals surface area contributed by atoms with Gasteiger partial charge in [-0.3, -0.25) is 4.99 Å². The van der Waals surface area contributed by atoms with E-state index in [1.807, 2.05) is 0 Å². The molecule has 0 aliphatic carbocycles. The van der Waals surface area contributed by atoms with Crippen molar-refractivity contribution in [1.29, 1.82) is 0 Å². The third kappa shape index (κ3) is 5.26. The third-order valence-corrected chi connectivity index (χ3v) is 2.86. The van der Waals surface area contributed by atoms with E-state index in [4.69, 9.17) is 5.73 Å². The SMILES string of the molecule is CCCCNC(N)=NCC(C)(O)c1ccc(F)cc1. The molecule has 1 aromatic rings. The lowest BCUT2D eigenvalue weighted by atomic mass is 9.96. The maximum Gasteiger partial charge on any atom is 0.188 e. The third-order valence-electron chi connectivity index (χ3n) is 2.86. The largest absolute Gasteiger partial charge is 0.384 e. The zero-order valence-electron chi connectivity index (χ0n) is 11.5. The molecule has 0 radical (unpaired) electrons. The maximum absolute atomic E-state index is 12.8. The van der Waals surface area contributed by atoms with Gasteiger partial charge in [0.05, 0.1) is 6.54 Å². The molecule has 1 unspecified atom stereocenters. The van der Waals surface area contributed by atoms with E-state index in [1.54, 1.807) is 19.1 Å². The second kappa shape index (κ2) is 7.09. The molecule has 0 saturated carbocycles. The van der Waals surface area contributed by atoms with E-state index in [1.165, 1.54) is 12.1 Å². The summed E-state index contributed by atoms with van der Waals surface area (Å²) < 4.78 is 12.8. The van der Waals surface area contributed by atoms with Gasteiger partial charge in [-0.15, -0.1) is 0 Å². The minimum Gasteiger partial charge on any atom is -0.384 e. The number of aliphatic hydroxyl groups is 1. The first kappa shape index (κ1) is 15.4. The molecule has 4 N–H and O–H groups in total. The zero-order chi connectivity index (χ0) is 14.3. The Balaban J connectivity index is 2.58. The molecular weight excluding hydrogens is 245 g/mol. The lowest BCUT2D eigenvalue weighted by Gasteiger charge is -2.22. The fraction of sp³-hybridized carbons (Fsp3) is 0.500. The van der Waals surface area contributed by atoms with Crippen molar-refractivity contribution >= 4 is 5.96 Å². The number of nitrogens with one attached hydrogen (secondary N) is 1. The second-order valence-corrected chi connectivity index (χ2v) is 4.76. The molecule has 0 fully saturated rings. The molecule has 4 nitrogen and oxygen atoms in total. The van der Waals surface area contributed by atoms with Crippen molar-refractivity contribution in [2.75, 3.05) is 13.1 Å². The highest BCUT2D eigenvalue weighted by Crippen LogP contribution is 2.20. The lowest BCUT2D eigenvalue weighted by Crippen LogP contribution is -2.35. The first-order valence-electron chi connectivity index (χ1n) is 6.48. The predicted molar refractivity (Wildman–Crippen MR) is 75.4 cm³/mol. The van der Waals surface area contributed by atoms with Gasteiger partial charge in [0.1, 0.15) is 11.4 Å². The van der Waals surface area contributed by atoms with Crippen LogP contribution in [-0.4, -0.2) is 24.2 Å². The van der Waals surface area contributed by atoms with Crippen molar-refractivity contribution in [1.82, 2.24) is 5.32 Å². The number of rotatable bonds is 6. The zero-order valence-corrected chi connectivity index (χ0v) is 11.5. The molecular formula is C14H22FN3O. The number of nitrogens with two attached hydrogens (primary N) is 1. The van der Waals surface area contributed by atoms with Gasteiger partial charge in [-0.25, -0.2) is 4.39 Å². The van der Waals surface area contributed by atoms with Crippen LogP contribution in [0.25, 0.3) is 0 Å². The molecule has 1 rings (SSSR count). The lowest BCUT2D eigenvalue weighted by molar-refractivity contribution is 0.0672. The smallest absolute Gasteiger partial charge is 0.188 e. The van der Waals surface area contributed by atoms with Crippen molar-refractivity contribution in [2.45, 2.75) is 32.3 Å². The van der Waals surface area contributed by atoms with Gasteiger partial charge in [0.15, 0.2) is 5.96 Å². The molecule has 0 amide bonds. The van der Waals surface area contributed by atoms with Crippen LogP contribution in [0.2, 0.25) is 0 Å². The number of benzene rings is 1. The van der Waals surface area contributed by atoms with E-state index in [-0.39, 0.29) is 12.4 Å². The topological polar surface area (TPSA) is 70.6 Å². The van der Waals surface area contributed by atoms with Crippen LogP contribution >= 0.6 is 0 Å². The van der Waals surface area contributed by atoms with Gasteiger partial charge in [-0.2, -0.15) is 0 Å². The van der Waals surface area contributed by atoms with E-state index in [9.17, 15) is 9.50 Å². The van der Waals surface area contributed by atoms with Crippen molar-refractivity contribution in [3.05, 3.63) is 35.6 Å². The molecule has 0 bridgehead atoms. The minimum absolute atomic E-state index is 0.129. The highest BCUT2D eigenvalue weighted by atomic mass is 19.1. The number of hydrogen-bond donors (Lipinski definition) is 3. The summed E-state index contributed by atoms with van der Waals surface area (Å²) in [7, 11) is 0. The number of aliphatic imine (C=N–C) groups is 1. The van der Waals surface area contributed by atoms with Crippen molar-refractivity contribution < 1.29 is 9.50 Å². The minimum atomic E-state index is -1.16. The van der Waals surface area contributed by atoms with Crippen LogP contribution in [0.5, 0.6) is 0 Å². The van der Waals surface area contributed by atoms with Crippen LogP contribution in [-0.2, 0) is 5.60 Å². The predicted octanol–water partition coefficient (Wildman–Crippen LogP) is 1.74. The van der Waals surface area contributed by atoms with Gasteiger partial charge in [-0.05, 0) is 31.0 Å². The molecule has 0 aliphatic heterocycles. The molecule has 106 valence electrons.